The van der Waals surface area contributed by atoms with Crippen molar-refractivity contribution >= 4 is 5.91 Å². The Morgan fingerprint density at radius 3 is 2.94 bits per heavy atom. The predicted octanol–water partition coefficient (Wildman–Crippen LogP) is 2.21. The van der Waals surface area contributed by atoms with Crippen molar-refractivity contribution in [1.29, 1.82) is 0 Å². The molecule has 1 fully saturated rings. The number of nitrogens with zero attached hydrogens (tertiary/aromatic N) is 1. The highest BCUT2D eigenvalue weighted by molar-refractivity contribution is 5.95. The zero-order valence-corrected chi connectivity index (χ0v) is 11.3. The monoisotopic (exact) mass is 246 g/mol. The predicted molar refractivity (Wildman–Crippen MR) is 73.8 cm³/mol. The van der Waals surface area contributed by atoms with Gasteiger partial charge >= 0.3 is 0 Å². The first-order chi connectivity index (χ1) is 8.72. The zero-order chi connectivity index (χ0) is 13.0. The normalized spacial score (nSPS) is 20.0. The van der Waals surface area contributed by atoms with Gasteiger partial charge in [-0.25, -0.2) is 0 Å². The number of aryl methyl sites for hydroxylation is 1. The fourth-order valence-corrected chi connectivity index (χ4v) is 2.68. The van der Waals surface area contributed by atoms with Crippen molar-refractivity contribution in [2.24, 2.45) is 0 Å². The molecule has 1 aromatic rings. The molecule has 0 bridgehead atoms. The Kier molecular flexibility index (Phi) is 4.37. The molecule has 1 aliphatic heterocycles. The minimum Gasteiger partial charge on any atom is -0.350 e. The topological polar surface area (TPSA) is 32.3 Å². The van der Waals surface area contributed by atoms with Crippen LogP contribution >= 0.6 is 0 Å². The van der Waals surface area contributed by atoms with E-state index in [2.05, 4.69) is 17.1 Å². The van der Waals surface area contributed by atoms with Gasteiger partial charge in [-0.2, -0.15) is 0 Å². The van der Waals surface area contributed by atoms with E-state index in [0.717, 1.165) is 24.2 Å². The van der Waals surface area contributed by atoms with Crippen LogP contribution in [0.1, 0.15) is 35.7 Å². The van der Waals surface area contributed by atoms with Gasteiger partial charge in [-0.1, -0.05) is 25.1 Å². The maximum atomic E-state index is 12.1. The van der Waals surface area contributed by atoms with Crippen molar-refractivity contribution in [3.8, 4) is 0 Å². The fourth-order valence-electron chi connectivity index (χ4n) is 2.68. The largest absolute Gasteiger partial charge is 0.350 e. The molecule has 1 amide bonds. The molecule has 1 aliphatic rings. The van der Waals surface area contributed by atoms with E-state index in [1.54, 1.807) is 0 Å². The van der Waals surface area contributed by atoms with Crippen LogP contribution in [-0.4, -0.2) is 36.5 Å². The van der Waals surface area contributed by atoms with Gasteiger partial charge in [-0.05, 0) is 44.5 Å². The third-order valence-electron chi connectivity index (χ3n) is 3.79. The molecule has 1 atom stereocenters. The molecular weight excluding hydrogens is 224 g/mol. The summed E-state index contributed by atoms with van der Waals surface area (Å²) in [6, 6.07) is 8.25. The molecule has 3 heteroatoms. The van der Waals surface area contributed by atoms with Crippen LogP contribution in [0.5, 0.6) is 0 Å². The molecule has 98 valence electrons. The van der Waals surface area contributed by atoms with Crippen LogP contribution in [0.4, 0.5) is 0 Å². The minimum absolute atomic E-state index is 0.0519. The summed E-state index contributed by atoms with van der Waals surface area (Å²) in [6.45, 7) is 7.16. The number of likely N-dealkylation sites (N-methyl/N-ethyl adjacent to an activating group) is 1. The highest BCUT2D eigenvalue weighted by atomic mass is 16.1. The zero-order valence-electron chi connectivity index (χ0n) is 11.3. The smallest absolute Gasteiger partial charge is 0.251 e. The van der Waals surface area contributed by atoms with E-state index in [1.165, 1.54) is 19.4 Å². The number of likely N-dealkylation sites (tertiary alicyclic amines) is 1. The van der Waals surface area contributed by atoms with Gasteiger partial charge in [-0.3, -0.25) is 9.69 Å². The van der Waals surface area contributed by atoms with E-state index >= 15 is 0 Å². The van der Waals surface area contributed by atoms with Gasteiger partial charge in [0, 0.05) is 18.2 Å². The fraction of sp³-hybridized carbons (Fsp3) is 0.533. The Hall–Kier alpha value is -1.35. The van der Waals surface area contributed by atoms with Gasteiger partial charge < -0.3 is 5.32 Å². The van der Waals surface area contributed by atoms with E-state index in [-0.39, 0.29) is 5.91 Å². The summed E-state index contributed by atoms with van der Waals surface area (Å²) >= 11 is 0. The van der Waals surface area contributed by atoms with E-state index in [1.807, 2.05) is 31.2 Å². The maximum Gasteiger partial charge on any atom is 0.251 e. The molecule has 2 rings (SSSR count). The van der Waals surface area contributed by atoms with E-state index in [9.17, 15) is 4.79 Å². The molecule has 1 aromatic carbocycles. The van der Waals surface area contributed by atoms with E-state index in [4.69, 9.17) is 0 Å². The van der Waals surface area contributed by atoms with Crippen LogP contribution in [0.2, 0.25) is 0 Å². The summed E-state index contributed by atoms with van der Waals surface area (Å²) in [7, 11) is 0. The lowest BCUT2D eigenvalue weighted by Gasteiger charge is -2.23. The second-order valence-electron chi connectivity index (χ2n) is 4.95. The van der Waals surface area contributed by atoms with Gasteiger partial charge in [0.05, 0.1) is 0 Å². The molecule has 1 unspecified atom stereocenters. The van der Waals surface area contributed by atoms with Gasteiger partial charge in [-0.15, -0.1) is 0 Å². The Morgan fingerprint density at radius 1 is 1.44 bits per heavy atom. The number of amides is 1. The molecule has 0 aliphatic carbocycles. The standard InChI is InChI=1S/C15H22N2O/c1-3-17-10-6-8-13(17)11-16-15(18)14-9-5-4-7-12(14)2/h4-5,7,9,13H,3,6,8,10-11H2,1-2H3,(H,16,18). The minimum atomic E-state index is 0.0519. The number of carbonyl (C=O) groups is 1. The van der Waals surface area contributed by atoms with Crippen molar-refractivity contribution in [3.05, 3.63) is 35.4 Å². The maximum absolute atomic E-state index is 12.1. The molecule has 0 spiro atoms. The Balaban J connectivity index is 1.91. The summed E-state index contributed by atoms with van der Waals surface area (Å²) in [6.07, 6.45) is 2.45. The van der Waals surface area contributed by atoms with E-state index < -0.39 is 0 Å². The van der Waals surface area contributed by atoms with Gasteiger partial charge in [0.25, 0.3) is 5.91 Å². The van der Waals surface area contributed by atoms with Gasteiger partial charge in [0.15, 0.2) is 0 Å². The molecule has 3 nitrogen and oxygen atoms in total. The Morgan fingerprint density at radius 2 is 2.22 bits per heavy atom. The van der Waals surface area contributed by atoms with Crippen LogP contribution in [0.3, 0.4) is 0 Å². The highest BCUT2D eigenvalue weighted by Gasteiger charge is 2.23. The Labute approximate surface area is 109 Å². The molecule has 0 radical (unpaired) electrons. The molecule has 0 saturated carbocycles. The average Bonchev–Trinajstić information content (AvgIpc) is 2.84. The van der Waals surface area contributed by atoms with Crippen molar-refractivity contribution in [2.75, 3.05) is 19.6 Å². The lowest BCUT2D eigenvalue weighted by Crippen LogP contribution is -2.40. The van der Waals surface area contributed by atoms with Crippen molar-refractivity contribution < 1.29 is 4.79 Å². The van der Waals surface area contributed by atoms with Crippen LogP contribution in [-0.2, 0) is 0 Å². The SMILES string of the molecule is CCN1CCCC1CNC(=O)c1ccccc1C. The van der Waals surface area contributed by atoms with Crippen molar-refractivity contribution in [2.45, 2.75) is 32.7 Å². The molecule has 1 saturated heterocycles. The molecule has 1 N–H and O–H groups in total. The first-order valence-corrected chi connectivity index (χ1v) is 6.80. The molecule has 0 aromatic heterocycles. The molecular formula is C15H22N2O. The van der Waals surface area contributed by atoms with E-state index in [0.29, 0.717) is 6.04 Å². The van der Waals surface area contributed by atoms with Crippen molar-refractivity contribution in [1.82, 2.24) is 10.2 Å². The second kappa shape index (κ2) is 6.01. The highest BCUT2D eigenvalue weighted by Crippen LogP contribution is 2.16. The quantitative estimate of drug-likeness (QED) is 0.883. The summed E-state index contributed by atoms with van der Waals surface area (Å²) in [5.74, 6) is 0.0519. The van der Waals surface area contributed by atoms with Crippen LogP contribution in [0.15, 0.2) is 24.3 Å². The number of hydrogen-bond acceptors (Lipinski definition) is 2. The first kappa shape index (κ1) is 13.1. The number of hydrogen-bond donors (Lipinski definition) is 1. The average molecular weight is 246 g/mol. The van der Waals surface area contributed by atoms with Gasteiger partial charge in [0.2, 0.25) is 0 Å². The molecule has 1 heterocycles. The second-order valence-corrected chi connectivity index (χ2v) is 4.95. The van der Waals surface area contributed by atoms with Crippen LogP contribution < -0.4 is 5.32 Å². The van der Waals surface area contributed by atoms with Crippen molar-refractivity contribution in [3.63, 3.8) is 0 Å². The van der Waals surface area contributed by atoms with Crippen LogP contribution in [0, 0.1) is 6.92 Å². The third-order valence-corrected chi connectivity index (χ3v) is 3.79. The third kappa shape index (κ3) is 2.91. The van der Waals surface area contributed by atoms with Crippen LogP contribution in [0.25, 0.3) is 0 Å². The first-order valence-electron chi connectivity index (χ1n) is 6.80. The van der Waals surface area contributed by atoms with Gasteiger partial charge in [0.1, 0.15) is 0 Å². The number of benzene rings is 1. The lowest BCUT2D eigenvalue weighted by atomic mass is 10.1. The summed E-state index contributed by atoms with van der Waals surface area (Å²) < 4.78 is 0. The summed E-state index contributed by atoms with van der Waals surface area (Å²) in [4.78, 5) is 14.5. The number of nitrogens with one attached hydrogen (secondary N) is 1. The Bertz CT molecular complexity index is 417. The number of carbonyl (C=O) groups excluding carboxylic acids is 1. The summed E-state index contributed by atoms with van der Waals surface area (Å²) in [5, 5.41) is 3.07. The summed E-state index contributed by atoms with van der Waals surface area (Å²) in [5.41, 5.74) is 1.83. The lowest BCUT2D eigenvalue weighted by molar-refractivity contribution is 0.0941. The molecule has 18 heavy (non-hydrogen) atoms. The number of rotatable bonds is 4.